The number of hydrogen-bond donors (Lipinski definition) is 2. The molecule has 2 unspecified atom stereocenters. The second-order valence-corrected chi connectivity index (χ2v) is 3.73. The van der Waals surface area contributed by atoms with Crippen LogP contribution < -0.4 is 5.73 Å². The van der Waals surface area contributed by atoms with E-state index in [1.807, 2.05) is 7.05 Å². The first-order valence-corrected chi connectivity index (χ1v) is 4.20. The highest BCUT2D eigenvalue weighted by molar-refractivity contribution is 4.93. The normalized spacial score (nSPS) is 39.8. The Morgan fingerprint density at radius 2 is 2.36 bits per heavy atom. The SMILES string of the molecule is CC1CC(O)(CCN)CN1C. The van der Waals surface area contributed by atoms with Crippen molar-refractivity contribution >= 4 is 0 Å². The highest BCUT2D eigenvalue weighted by Crippen LogP contribution is 2.27. The number of likely N-dealkylation sites (tertiary alicyclic amines) is 1. The molecule has 1 saturated heterocycles. The van der Waals surface area contributed by atoms with E-state index in [0.29, 0.717) is 12.6 Å². The third-order valence-electron chi connectivity index (χ3n) is 2.58. The summed E-state index contributed by atoms with van der Waals surface area (Å²) in [6, 6.07) is 0.492. The fourth-order valence-corrected chi connectivity index (χ4v) is 1.84. The maximum Gasteiger partial charge on any atom is 0.0800 e. The van der Waals surface area contributed by atoms with Crippen molar-refractivity contribution in [2.45, 2.75) is 31.4 Å². The smallest absolute Gasteiger partial charge is 0.0800 e. The van der Waals surface area contributed by atoms with Crippen molar-refractivity contribution < 1.29 is 5.11 Å². The van der Waals surface area contributed by atoms with Crippen LogP contribution in [0.3, 0.4) is 0 Å². The molecule has 3 heteroatoms. The van der Waals surface area contributed by atoms with E-state index in [0.717, 1.165) is 19.4 Å². The van der Waals surface area contributed by atoms with Crippen LogP contribution in [-0.4, -0.2) is 41.8 Å². The quantitative estimate of drug-likeness (QED) is 0.584. The second-order valence-electron chi connectivity index (χ2n) is 3.73. The van der Waals surface area contributed by atoms with Gasteiger partial charge in [0.15, 0.2) is 0 Å². The molecule has 0 amide bonds. The number of nitrogens with zero attached hydrogens (tertiary/aromatic N) is 1. The molecular weight excluding hydrogens is 140 g/mol. The molecule has 0 radical (unpaired) electrons. The van der Waals surface area contributed by atoms with Crippen molar-refractivity contribution in [3.63, 3.8) is 0 Å². The molecule has 1 aliphatic heterocycles. The van der Waals surface area contributed by atoms with Crippen LogP contribution in [0, 0.1) is 0 Å². The van der Waals surface area contributed by atoms with Gasteiger partial charge < -0.3 is 15.7 Å². The Bertz CT molecular complexity index is 128. The lowest BCUT2D eigenvalue weighted by atomic mass is 9.97. The zero-order valence-corrected chi connectivity index (χ0v) is 7.38. The predicted molar refractivity (Wildman–Crippen MR) is 45.3 cm³/mol. The lowest BCUT2D eigenvalue weighted by molar-refractivity contribution is 0.0453. The molecule has 2 atom stereocenters. The molecule has 1 heterocycles. The molecular formula is C8H18N2O. The van der Waals surface area contributed by atoms with Gasteiger partial charge in [-0.2, -0.15) is 0 Å². The number of likely N-dealkylation sites (N-methyl/N-ethyl adjacent to an activating group) is 1. The lowest BCUT2D eigenvalue weighted by Crippen LogP contribution is -2.34. The van der Waals surface area contributed by atoms with Crippen LogP contribution in [-0.2, 0) is 0 Å². The van der Waals surface area contributed by atoms with E-state index in [9.17, 15) is 5.11 Å². The van der Waals surface area contributed by atoms with E-state index < -0.39 is 5.60 Å². The molecule has 0 aromatic heterocycles. The summed E-state index contributed by atoms with van der Waals surface area (Å²) in [5.74, 6) is 0. The lowest BCUT2D eigenvalue weighted by Gasteiger charge is -2.20. The van der Waals surface area contributed by atoms with Gasteiger partial charge >= 0.3 is 0 Å². The van der Waals surface area contributed by atoms with Gasteiger partial charge in [-0.1, -0.05) is 0 Å². The number of β-amino-alcohol motifs (C(OH)–C–C–N with tert-alkyl or cyclic N) is 1. The standard InChI is InChI=1S/C8H18N2O/c1-7-5-8(11,3-4-9)6-10(7)2/h7,11H,3-6,9H2,1-2H3. The molecule has 0 aromatic rings. The van der Waals surface area contributed by atoms with E-state index in [4.69, 9.17) is 5.73 Å². The third kappa shape index (κ3) is 1.92. The summed E-state index contributed by atoms with van der Waals surface area (Å²) >= 11 is 0. The second kappa shape index (κ2) is 3.09. The minimum Gasteiger partial charge on any atom is -0.388 e. The van der Waals surface area contributed by atoms with Crippen molar-refractivity contribution in [1.29, 1.82) is 0 Å². The molecule has 3 N–H and O–H groups in total. The van der Waals surface area contributed by atoms with Crippen molar-refractivity contribution in [3.05, 3.63) is 0 Å². The van der Waals surface area contributed by atoms with Gasteiger partial charge in [-0.3, -0.25) is 0 Å². The van der Waals surface area contributed by atoms with Gasteiger partial charge in [-0.25, -0.2) is 0 Å². The summed E-state index contributed by atoms with van der Waals surface area (Å²) in [5, 5.41) is 9.91. The third-order valence-corrected chi connectivity index (χ3v) is 2.58. The molecule has 0 bridgehead atoms. The van der Waals surface area contributed by atoms with Gasteiger partial charge in [0.2, 0.25) is 0 Å². The average Bonchev–Trinajstić information content (AvgIpc) is 2.08. The van der Waals surface area contributed by atoms with Crippen LogP contribution in [0.5, 0.6) is 0 Å². The molecule has 0 saturated carbocycles. The maximum atomic E-state index is 9.91. The number of hydrogen-bond acceptors (Lipinski definition) is 3. The Morgan fingerprint density at radius 1 is 1.73 bits per heavy atom. The topological polar surface area (TPSA) is 49.5 Å². The van der Waals surface area contributed by atoms with Crippen LogP contribution in [0.4, 0.5) is 0 Å². The van der Waals surface area contributed by atoms with Gasteiger partial charge in [0.25, 0.3) is 0 Å². The summed E-state index contributed by atoms with van der Waals surface area (Å²) in [7, 11) is 2.04. The summed E-state index contributed by atoms with van der Waals surface area (Å²) < 4.78 is 0. The van der Waals surface area contributed by atoms with Crippen LogP contribution >= 0.6 is 0 Å². The first-order valence-electron chi connectivity index (χ1n) is 4.20. The minimum absolute atomic E-state index is 0.492. The molecule has 1 aliphatic rings. The minimum atomic E-state index is -0.511. The monoisotopic (exact) mass is 158 g/mol. The Hall–Kier alpha value is -0.120. The Morgan fingerprint density at radius 3 is 2.73 bits per heavy atom. The first-order chi connectivity index (χ1) is 5.07. The van der Waals surface area contributed by atoms with Gasteiger partial charge in [0, 0.05) is 12.6 Å². The molecule has 3 nitrogen and oxygen atoms in total. The van der Waals surface area contributed by atoms with Crippen molar-refractivity contribution in [2.24, 2.45) is 5.73 Å². The molecule has 1 rings (SSSR count). The van der Waals surface area contributed by atoms with Gasteiger partial charge in [0.05, 0.1) is 5.60 Å². The van der Waals surface area contributed by atoms with E-state index >= 15 is 0 Å². The predicted octanol–water partition coefficient (Wildman–Crippen LogP) is -0.210. The Labute approximate surface area is 68.2 Å². The van der Waals surface area contributed by atoms with Crippen LogP contribution in [0.2, 0.25) is 0 Å². The molecule has 0 aliphatic carbocycles. The van der Waals surface area contributed by atoms with Crippen LogP contribution in [0.1, 0.15) is 19.8 Å². The molecule has 0 aromatic carbocycles. The first kappa shape index (κ1) is 8.97. The highest BCUT2D eigenvalue weighted by atomic mass is 16.3. The van der Waals surface area contributed by atoms with Gasteiger partial charge in [-0.05, 0) is 33.4 Å². The van der Waals surface area contributed by atoms with E-state index in [-0.39, 0.29) is 0 Å². The fraction of sp³-hybridized carbons (Fsp3) is 1.00. The number of nitrogens with two attached hydrogens (primary N) is 1. The number of aliphatic hydroxyl groups is 1. The average molecular weight is 158 g/mol. The van der Waals surface area contributed by atoms with E-state index in [1.165, 1.54) is 0 Å². The Balaban J connectivity index is 2.49. The molecule has 66 valence electrons. The van der Waals surface area contributed by atoms with Crippen molar-refractivity contribution in [2.75, 3.05) is 20.1 Å². The van der Waals surface area contributed by atoms with E-state index in [2.05, 4.69) is 11.8 Å². The molecule has 11 heavy (non-hydrogen) atoms. The largest absolute Gasteiger partial charge is 0.388 e. The summed E-state index contributed by atoms with van der Waals surface area (Å²) in [6.07, 6.45) is 1.59. The zero-order valence-electron chi connectivity index (χ0n) is 7.38. The fourth-order valence-electron chi connectivity index (χ4n) is 1.84. The summed E-state index contributed by atoms with van der Waals surface area (Å²) in [4.78, 5) is 2.18. The summed E-state index contributed by atoms with van der Waals surface area (Å²) in [5.41, 5.74) is 4.89. The maximum absolute atomic E-state index is 9.91. The van der Waals surface area contributed by atoms with E-state index in [1.54, 1.807) is 0 Å². The number of rotatable bonds is 2. The van der Waals surface area contributed by atoms with Crippen LogP contribution in [0.15, 0.2) is 0 Å². The van der Waals surface area contributed by atoms with Crippen LogP contribution in [0.25, 0.3) is 0 Å². The molecule has 0 spiro atoms. The van der Waals surface area contributed by atoms with Crippen molar-refractivity contribution in [1.82, 2.24) is 4.90 Å². The summed E-state index contributed by atoms with van der Waals surface area (Å²) in [6.45, 7) is 3.48. The van der Waals surface area contributed by atoms with Gasteiger partial charge in [-0.15, -0.1) is 0 Å². The highest BCUT2D eigenvalue weighted by Gasteiger charge is 2.37. The molecule has 1 fully saturated rings. The Kier molecular flexibility index (Phi) is 2.52. The van der Waals surface area contributed by atoms with Crippen molar-refractivity contribution in [3.8, 4) is 0 Å². The zero-order chi connectivity index (χ0) is 8.48. The van der Waals surface area contributed by atoms with Gasteiger partial charge in [0.1, 0.15) is 0 Å².